The van der Waals surface area contributed by atoms with E-state index in [1.54, 1.807) is 43.3 Å². The van der Waals surface area contributed by atoms with E-state index in [-0.39, 0.29) is 10.6 Å². The lowest BCUT2D eigenvalue weighted by Crippen LogP contribution is -2.04. The summed E-state index contributed by atoms with van der Waals surface area (Å²) in [5.41, 5.74) is 2.18. The monoisotopic (exact) mass is 453 g/mol. The molecule has 3 heterocycles. The Hall–Kier alpha value is -3.68. The molecule has 0 unspecified atom stereocenters. The molecule has 0 amide bonds. The Morgan fingerprint density at radius 3 is 2.58 bits per heavy atom. The van der Waals surface area contributed by atoms with E-state index in [1.807, 2.05) is 6.07 Å². The van der Waals surface area contributed by atoms with Gasteiger partial charge in [-0.3, -0.25) is 0 Å². The van der Waals surface area contributed by atoms with Crippen molar-refractivity contribution in [2.75, 3.05) is 16.9 Å². The fourth-order valence-corrected chi connectivity index (χ4v) is 4.11. The van der Waals surface area contributed by atoms with Gasteiger partial charge in [-0.2, -0.15) is 5.26 Å². The molecule has 3 aromatic heterocycles. The number of aromatic amines is 1. The van der Waals surface area contributed by atoms with Crippen LogP contribution in [0, 0.1) is 18.3 Å². The summed E-state index contributed by atoms with van der Waals surface area (Å²) in [5.74, 6) is 1.51. The Balaban J connectivity index is 1.80. The fourth-order valence-electron chi connectivity index (χ4n) is 3.01. The zero-order chi connectivity index (χ0) is 22.2. The van der Waals surface area contributed by atoms with Crippen LogP contribution in [0.4, 0.5) is 23.0 Å². The molecule has 0 saturated carbocycles. The highest BCUT2D eigenvalue weighted by atomic mass is 35.5. The van der Waals surface area contributed by atoms with Crippen LogP contribution in [0.15, 0.2) is 47.4 Å². The van der Waals surface area contributed by atoms with Gasteiger partial charge in [-0.1, -0.05) is 17.7 Å². The number of nitrogens with one attached hydrogen (secondary N) is 3. The lowest BCUT2D eigenvalue weighted by Gasteiger charge is -2.13. The third-order valence-corrected chi connectivity index (χ3v) is 5.68. The van der Waals surface area contributed by atoms with Crippen LogP contribution in [0.2, 0.25) is 5.02 Å². The highest BCUT2D eigenvalue weighted by Crippen LogP contribution is 2.32. The van der Waals surface area contributed by atoms with E-state index in [0.29, 0.717) is 45.0 Å². The number of fused-ring (bicyclic) bond motifs is 1. The minimum atomic E-state index is -3.54. The maximum atomic E-state index is 12.3. The minimum Gasteiger partial charge on any atom is -0.352 e. The first-order chi connectivity index (χ1) is 14.7. The molecule has 0 aliphatic heterocycles. The zero-order valence-electron chi connectivity index (χ0n) is 16.4. The maximum absolute atomic E-state index is 12.3. The number of nitriles is 1. The van der Waals surface area contributed by atoms with E-state index in [2.05, 4.69) is 30.6 Å². The predicted molar refractivity (Wildman–Crippen MR) is 119 cm³/mol. The second-order valence-corrected chi connectivity index (χ2v) is 9.18. The summed E-state index contributed by atoms with van der Waals surface area (Å²) in [5, 5.41) is 15.6. The smallest absolute Gasteiger partial charge is 0.177 e. The van der Waals surface area contributed by atoms with Gasteiger partial charge in [0, 0.05) is 17.3 Å². The predicted octanol–water partition coefficient (Wildman–Crippen LogP) is 4.08. The van der Waals surface area contributed by atoms with Crippen LogP contribution in [-0.4, -0.2) is 34.6 Å². The van der Waals surface area contributed by atoms with Crippen molar-refractivity contribution in [1.29, 1.82) is 5.26 Å². The molecule has 156 valence electrons. The largest absolute Gasteiger partial charge is 0.352 e. The van der Waals surface area contributed by atoms with Crippen molar-refractivity contribution in [2.45, 2.75) is 11.8 Å². The number of hydrogen-bond acceptors (Lipinski definition) is 8. The Morgan fingerprint density at radius 1 is 1.03 bits per heavy atom. The first kappa shape index (κ1) is 20.6. The molecule has 0 aliphatic carbocycles. The molecular formula is C20H16ClN7O2S. The Morgan fingerprint density at radius 2 is 1.84 bits per heavy atom. The average Bonchev–Trinajstić information content (AvgIpc) is 3.09. The van der Waals surface area contributed by atoms with Crippen LogP contribution in [0.3, 0.4) is 0 Å². The second-order valence-electron chi connectivity index (χ2n) is 6.76. The molecule has 11 heteroatoms. The Bertz CT molecular complexity index is 1460. The number of pyridine rings is 2. The number of aryl methyl sites for hydroxylation is 1. The summed E-state index contributed by atoms with van der Waals surface area (Å²) in [6, 6.07) is 13.3. The molecule has 9 nitrogen and oxygen atoms in total. The molecule has 0 spiro atoms. The number of sulfone groups is 1. The number of benzene rings is 1. The van der Waals surface area contributed by atoms with Crippen LogP contribution in [0.5, 0.6) is 0 Å². The Kier molecular flexibility index (Phi) is 5.22. The van der Waals surface area contributed by atoms with Gasteiger partial charge in [0.05, 0.1) is 16.3 Å². The van der Waals surface area contributed by atoms with Crippen LogP contribution in [0.1, 0.15) is 11.5 Å². The molecule has 1 aromatic carbocycles. The zero-order valence-corrected chi connectivity index (χ0v) is 18.0. The van der Waals surface area contributed by atoms with Gasteiger partial charge in [0.25, 0.3) is 0 Å². The van der Waals surface area contributed by atoms with Gasteiger partial charge in [-0.15, -0.1) is 0 Å². The summed E-state index contributed by atoms with van der Waals surface area (Å²) >= 11 is 6.01. The number of hydrogen-bond donors (Lipinski definition) is 3. The van der Waals surface area contributed by atoms with Crippen LogP contribution in [0.25, 0.3) is 11.2 Å². The third-order valence-electron chi connectivity index (χ3n) is 4.30. The van der Waals surface area contributed by atoms with E-state index in [0.717, 1.165) is 6.26 Å². The van der Waals surface area contributed by atoms with E-state index < -0.39 is 9.84 Å². The van der Waals surface area contributed by atoms with Crippen molar-refractivity contribution < 1.29 is 8.42 Å². The van der Waals surface area contributed by atoms with Gasteiger partial charge in [0.2, 0.25) is 0 Å². The van der Waals surface area contributed by atoms with Crippen LogP contribution < -0.4 is 10.6 Å². The molecule has 4 aromatic rings. The third kappa shape index (κ3) is 4.42. The van der Waals surface area contributed by atoms with Crippen molar-refractivity contribution >= 4 is 55.6 Å². The average molecular weight is 454 g/mol. The van der Waals surface area contributed by atoms with Gasteiger partial charge in [0.1, 0.15) is 34.7 Å². The van der Waals surface area contributed by atoms with Crippen LogP contribution in [-0.2, 0) is 9.84 Å². The topological polar surface area (TPSA) is 136 Å². The quantitative estimate of drug-likeness (QED) is 0.411. The SMILES string of the molecule is Cc1nc2c(Nc3ccc(Cl)cc3S(C)(=O)=O)cc(Nc3cccc(C#N)n3)nc2[nH]1. The first-order valence-corrected chi connectivity index (χ1v) is 11.3. The highest BCUT2D eigenvalue weighted by molar-refractivity contribution is 7.90. The van der Waals surface area contributed by atoms with Gasteiger partial charge in [0.15, 0.2) is 15.5 Å². The molecule has 31 heavy (non-hydrogen) atoms. The molecule has 0 atom stereocenters. The van der Waals surface area contributed by atoms with Gasteiger partial charge >= 0.3 is 0 Å². The van der Waals surface area contributed by atoms with E-state index in [1.165, 1.54) is 6.07 Å². The summed E-state index contributed by atoms with van der Waals surface area (Å²) in [7, 11) is -3.54. The van der Waals surface area contributed by atoms with Gasteiger partial charge < -0.3 is 15.6 Å². The number of aromatic nitrogens is 4. The molecule has 3 N–H and O–H groups in total. The lowest BCUT2D eigenvalue weighted by atomic mass is 10.2. The number of anilines is 4. The van der Waals surface area contributed by atoms with E-state index in [9.17, 15) is 8.42 Å². The molecule has 0 bridgehead atoms. The van der Waals surface area contributed by atoms with Crippen molar-refractivity contribution in [1.82, 2.24) is 19.9 Å². The lowest BCUT2D eigenvalue weighted by molar-refractivity contribution is 0.602. The minimum absolute atomic E-state index is 0.0649. The molecular weight excluding hydrogens is 438 g/mol. The van der Waals surface area contributed by atoms with Crippen molar-refractivity contribution in [3.63, 3.8) is 0 Å². The van der Waals surface area contributed by atoms with Gasteiger partial charge in [-0.25, -0.2) is 23.4 Å². The van der Waals surface area contributed by atoms with Crippen molar-refractivity contribution in [3.8, 4) is 6.07 Å². The molecule has 0 aliphatic rings. The molecule has 4 rings (SSSR count). The standard InChI is InChI=1S/C20H16ClN7O2S/c1-11-23-19-15(26-14-7-6-12(21)8-16(14)31(2,29)30)9-18(28-20(19)24-11)27-17-5-3-4-13(10-22)25-17/h3-9H,1-2H3,(H3,23,24,25,26,27,28). The second kappa shape index (κ2) is 7.86. The van der Waals surface area contributed by atoms with Crippen molar-refractivity contribution in [3.05, 3.63) is 59.0 Å². The van der Waals surface area contributed by atoms with E-state index >= 15 is 0 Å². The highest BCUT2D eigenvalue weighted by Gasteiger charge is 2.17. The van der Waals surface area contributed by atoms with Crippen LogP contribution >= 0.6 is 11.6 Å². The first-order valence-electron chi connectivity index (χ1n) is 9.01. The normalized spacial score (nSPS) is 11.3. The molecule has 0 radical (unpaired) electrons. The maximum Gasteiger partial charge on any atom is 0.177 e. The summed E-state index contributed by atoms with van der Waals surface area (Å²) in [6.07, 6.45) is 1.12. The summed E-state index contributed by atoms with van der Waals surface area (Å²) < 4.78 is 24.5. The number of halogens is 1. The van der Waals surface area contributed by atoms with E-state index in [4.69, 9.17) is 16.9 Å². The molecule has 0 fully saturated rings. The van der Waals surface area contributed by atoms with Crippen molar-refractivity contribution in [2.24, 2.45) is 0 Å². The molecule has 0 saturated heterocycles. The number of nitrogens with zero attached hydrogens (tertiary/aromatic N) is 4. The fraction of sp³-hybridized carbons (Fsp3) is 0.100. The summed E-state index contributed by atoms with van der Waals surface area (Å²) in [6.45, 7) is 1.79. The Labute approximate surface area is 183 Å². The summed E-state index contributed by atoms with van der Waals surface area (Å²) in [4.78, 5) is 16.3. The van der Waals surface area contributed by atoms with Gasteiger partial charge in [-0.05, 0) is 37.3 Å². The number of H-pyrrole nitrogens is 1. The number of rotatable bonds is 5. The number of imidazole rings is 1.